The highest BCUT2D eigenvalue weighted by Gasteiger charge is 2.30. The summed E-state index contributed by atoms with van der Waals surface area (Å²) in [5, 5.41) is 0. The second-order valence-corrected chi connectivity index (χ2v) is 5.93. The molecule has 1 aliphatic carbocycles. The number of aromatic nitrogens is 1. The zero-order chi connectivity index (χ0) is 13.7. The van der Waals surface area contributed by atoms with E-state index in [1.165, 1.54) is 56.2 Å². The molecule has 2 nitrogen and oxygen atoms in total. The predicted molar refractivity (Wildman–Crippen MR) is 81.2 cm³/mol. The van der Waals surface area contributed by atoms with E-state index in [0.717, 1.165) is 0 Å². The number of nitrogens with two attached hydrogens (primary N) is 1. The third-order valence-electron chi connectivity index (χ3n) is 4.70. The van der Waals surface area contributed by atoms with Crippen LogP contribution in [0.4, 0.5) is 0 Å². The number of hydrogen-bond donors (Lipinski definition) is 1. The molecule has 0 bridgehead atoms. The third kappa shape index (κ3) is 3.36. The number of hydrogen-bond acceptors (Lipinski definition) is 2. The number of nitrogens with zero attached hydrogens (tertiary/aromatic N) is 1. The molecule has 106 valence electrons. The Bertz CT molecular complexity index is 389. The predicted octanol–water partition coefficient (Wildman–Crippen LogP) is 4.05. The smallest absolute Gasteiger partial charge is 0.0481 e. The van der Waals surface area contributed by atoms with Crippen molar-refractivity contribution >= 4 is 0 Å². The van der Waals surface area contributed by atoms with E-state index in [-0.39, 0.29) is 6.04 Å². The fourth-order valence-corrected chi connectivity index (χ4v) is 3.48. The summed E-state index contributed by atoms with van der Waals surface area (Å²) in [5.74, 6) is 1.13. The molecular weight excluding hydrogens is 232 g/mol. The molecule has 0 radical (unpaired) electrons. The first kappa shape index (κ1) is 14.5. The van der Waals surface area contributed by atoms with Crippen LogP contribution in [0.3, 0.4) is 0 Å². The van der Waals surface area contributed by atoms with Crippen molar-refractivity contribution in [3.05, 3.63) is 29.6 Å². The Labute approximate surface area is 117 Å². The van der Waals surface area contributed by atoms with E-state index >= 15 is 0 Å². The maximum Gasteiger partial charge on any atom is 0.0481 e. The summed E-state index contributed by atoms with van der Waals surface area (Å²) in [6.45, 7) is 4.54. The van der Waals surface area contributed by atoms with Crippen molar-refractivity contribution in [3.8, 4) is 0 Å². The molecule has 3 atom stereocenters. The minimum Gasteiger partial charge on any atom is -0.327 e. The average molecular weight is 260 g/mol. The van der Waals surface area contributed by atoms with Crippen LogP contribution in [0.1, 0.15) is 69.5 Å². The Morgan fingerprint density at radius 2 is 2.26 bits per heavy atom. The van der Waals surface area contributed by atoms with Crippen LogP contribution in [0.15, 0.2) is 18.3 Å². The quantitative estimate of drug-likeness (QED) is 0.838. The van der Waals surface area contributed by atoms with Crippen molar-refractivity contribution in [1.82, 2.24) is 4.98 Å². The lowest BCUT2D eigenvalue weighted by Gasteiger charge is -2.33. The van der Waals surface area contributed by atoms with Gasteiger partial charge in [0.2, 0.25) is 0 Å². The standard InChI is InChI=1S/C17H28N2/c1-3-5-8-13(4-2)16(18)15-11-6-9-14-10-7-12-19-17(14)15/h7,10,12-13,15-16H,3-6,8-9,11,18H2,1-2H3. The van der Waals surface area contributed by atoms with Gasteiger partial charge in [-0.15, -0.1) is 0 Å². The Morgan fingerprint density at radius 1 is 1.42 bits per heavy atom. The molecule has 1 aromatic rings. The SMILES string of the molecule is CCCCC(CC)C(N)C1CCCc2cccnc21. The second-order valence-electron chi connectivity index (χ2n) is 5.93. The molecule has 0 aromatic carbocycles. The lowest BCUT2D eigenvalue weighted by molar-refractivity contribution is 0.306. The van der Waals surface area contributed by atoms with Crippen molar-refractivity contribution in [1.29, 1.82) is 0 Å². The van der Waals surface area contributed by atoms with E-state index in [9.17, 15) is 0 Å². The van der Waals surface area contributed by atoms with Crippen molar-refractivity contribution in [2.45, 2.75) is 70.8 Å². The van der Waals surface area contributed by atoms with Crippen LogP contribution in [0.2, 0.25) is 0 Å². The maximum absolute atomic E-state index is 6.62. The van der Waals surface area contributed by atoms with Crippen molar-refractivity contribution in [2.75, 3.05) is 0 Å². The summed E-state index contributed by atoms with van der Waals surface area (Å²) >= 11 is 0. The second kappa shape index (κ2) is 7.04. The van der Waals surface area contributed by atoms with Crippen molar-refractivity contribution in [2.24, 2.45) is 11.7 Å². The molecule has 2 N–H and O–H groups in total. The minimum absolute atomic E-state index is 0.283. The fraction of sp³-hybridized carbons (Fsp3) is 0.706. The van der Waals surface area contributed by atoms with Gasteiger partial charge in [0.1, 0.15) is 0 Å². The lowest BCUT2D eigenvalue weighted by Crippen LogP contribution is -2.38. The largest absolute Gasteiger partial charge is 0.327 e. The van der Waals surface area contributed by atoms with Crippen LogP contribution in [-0.2, 0) is 6.42 Å². The van der Waals surface area contributed by atoms with Gasteiger partial charge in [-0.2, -0.15) is 0 Å². The number of fused-ring (bicyclic) bond motifs is 1. The molecular formula is C17H28N2. The van der Waals surface area contributed by atoms with Gasteiger partial charge in [-0.3, -0.25) is 4.98 Å². The van der Waals surface area contributed by atoms with Crippen LogP contribution < -0.4 is 5.73 Å². The zero-order valence-electron chi connectivity index (χ0n) is 12.4. The Hall–Kier alpha value is -0.890. The molecule has 0 spiro atoms. The van der Waals surface area contributed by atoms with Crippen molar-refractivity contribution < 1.29 is 0 Å². The summed E-state index contributed by atoms with van der Waals surface area (Å²) in [6.07, 6.45) is 10.6. The summed E-state index contributed by atoms with van der Waals surface area (Å²) in [6, 6.07) is 4.57. The van der Waals surface area contributed by atoms with Gasteiger partial charge in [0.25, 0.3) is 0 Å². The van der Waals surface area contributed by atoms with Gasteiger partial charge in [0, 0.05) is 23.9 Å². The highest BCUT2D eigenvalue weighted by molar-refractivity contribution is 5.27. The first-order chi connectivity index (χ1) is 9.27. The number of rotatable bonds is 6. The zero-order valence-corrected chi connectivity index (χ0v) is 12.4. The van der Waals surface area contributed by atoms with Crippen LogP contribution >= 0.6 is 0 Å². The Kier molecular flexibility index (Phi) is 5.38. The first-order valence-electron chi connectivity index (χ1n) is 7.97. The van der Waals surface area contributed by atoms with Crippen molar-refractivity contribution in [3.63, 3.8) is 0 Å². The van der Waals surface area contributed by atoms with Gasteiger partial charge < -0.3 is 5.73 Å². The molecule has 19 heavy (non-hydrogen) atoms. The normalized spacial score (nSPS) is 21.7. The number of unbranched alkanes of at least 4 members (excludes halogenated alkanes) is 1. The van der Waals surface area contributed by atoms with E-state index in [0.29, 0.717) is 11.8 Å². The molecule has 1 aromatic heterocycles. The molecule has 0 amide bonds. The van der Waals surface area contributed by atoms with E-state index in [1.54, 1.807) is 0 Å². The Balaban J connectivity index is 2.12. The first-order valence-corrected chi connectivity index (χ1v) is 7.97. The highest BCUT2D eigenvalue weighted by Crippen LogP contribution is 2.35. The van der Waals surface area contributed by atoms with Crippen LogP contribution in [-0.4, -0.2) is 11.0 Å². The molecule has 2 rings (SSSR count). The molecule has 3 unspecified atom stereocenters. The topological polar surface area (TPSA) is 38.9 Å². The summed E-state index contributed by atoms with van der Waals surface area (Å²) in [4.78, 5) is 4.64. The van der Waals surface area contributed by atoms with Crippen LogP contribution in [0.25, 0.3) is 0 Å². The van der Waals surface area contributed by atoms with Gasteiger partial charge in [-0.05, 0) is 43.2 Å². The van der Waals surface area contributed by atoms with Gasteiger partial charge in [0.15, 0.2) is 0 Å². The maximum atomic E-state index is 6.62. The molecule has 2 heteroatoms. The van der Waals surface area contributed by atoms with Crippen LogP contribution in [0.5, 0.6) is 0 Å². The van der Waals surface area contributed by atoms with Gasteiger partial charge in [-0.25, -0.2) is 0 Å². The average Bonchev–Trinajstić information content (AvgIpc) is 2.47. The van der Waals surface area contributed by atoms with Gasteiger partial charge in [0.05, 0.1) is 0 Å². The monoisotopic (exact) mass is 260 g/mol. The van der Waals surface area contributed by atoms with Crippen LogP contribution in [0, 0.1) is 5.92 Å². The molecule has 0 aliphatic heterocycles. The van der Waals surface area contributed by atoms with Gasteiger partial charge >= 0.3 is 0 Å². The van der Waals surface area contributed by atoms with E-state index < -0.39 is 0 Å². The third-order valence-corrected chi connectivity index (χ3v) is 4.70. The number of aryl methyl sites for hydroxylation is 1. The molecule has 0 saturated heterocycles. The molecule has 1 aliphatic rings. The molecule has 0 fully saturated rings. The van der Waals surface area contributed by atoms with E-state index in [2.05, 4.69) is 31.0 Å². The molecule has 0 saturated carbocycles. The van der Waals surface area contributed by atoms with E-state index in [1.807, 2.05) is 6.20 Å². The summed E-state index contributed by atoms with van der Waals surface area (Å²) in [5.41, 5.74) is 9.34. The summed E-state index contributed by atoms with van der Waals surface area (Å²) in [7, 11) is 0. The summed E-state index contributed by atoms with van der Waals surface area (Å²) < 4.78 is 0. The minimum atomic E-state index is 0.283. The fourth-order valence-electron chi connectivity index (χ4n) is 3.48. The van der Waals surface area contributed by atoms with Gasteiger partial charge in [-0.1, -0.05) is 39.2 Å². The molecule has 1 heterocycles. The highest BCUT2D eigenvalue weighted by atomic mass is 14.8. The Morgan fingerprint density at radius 3 is 3.00 bits per heavy atom. The number of pyridine rings is 1. The van der Waals surface area contributed by atoms with E-state index in [4.69, 9.17) is 5.73 Å². The lowest BCUT2D eigenvalue weighted by atomic mass is 9.76.